The largest absolute Gasteiger partial charge is 0.305 e. The summed E-state index contributed by atoms with van der Waals surface area (Å²) in [6, 6.07) is 35.8. The van der Waals surface area contributed by atoms with E-state index < -0.39 is 11.6 Å². The van der Waals surface area contributed by atoms with Gasteiger partial charge in [-0.05, 0) is 82.3 Å². The van der Waals surface area contributed by atoms with Crippen LogP contribution < -0.4 is 4.90 Å². The maximum atomic E-state index is 14.8. The van der Waals surface area contributed by atoms with Crippen molar-refractivity contribution in [3.8, 4) is 22.3 Å². The Morgan fingerprint density at radius 1 is 0.500 bits per heavy atom. The molecule has 0 radical (unpaired) electrons. The Hall–Kier alpha value is -4.24. The van der Waals surface area contributed by atoms with Gasteiger partial charge >= 0.3 is 0 Å². The van der Waals surface area contributed by atoms with Gasteiger partial charge in [-0.2, -0.15) is 0 Å². The number of hydrogen-bond acceptors (Lipinski definition) is 1. The molecule has 0 saturated carbocycles. The molecule has 5 aromatic rings. The van der Waals surface area contributed by atoms with Gasteiger partial charge in [0.25, 0.3) is 0 Å². The summed E-state index contributed by atoms with van der Waals surface area (Å²) in [5.41, 5.74) is 8.72. The van der Waals surface area contributed by atoms with Crippen LogP contribution in [0.15, 0.2) is 115 Å². The van der Waals surface area contributed by atoms with Crippen molar-refractivity contribution >= 4 is 17.1 Å². The first-order valence-electron chi connectivity index (χ1n) is 11.3. The lowest BCUT2D eigenvalue weighted by atomic mass is 9.98. The summed E-state index contributed by atoms with van der Waals surface area (Å²) in [5, 5.41) is 0. The average molecular weight is 446 g/mol. The smallest absolute Gasteiger partial charge is 0.147 e. The van der Waals surface area contributed by atoms with E-state index in [1.54, 1.807) is 41.3 Å². The van der Waals surface area contributed by atoms with Gasteiger partial charge in [-0.15, -0.1) is 0 Å². The normalized spacial score (nSPS) is 11.7. The molecule has 0 aromatic heterocycles. The minimum absolute atomic E-state index is 0.300. The summed E-state index contributed by atoms with van der Waals surface area (Å²) in [6.07, 6.45) is 0.963. The van der Waals surface area contributed by atoms with E-state index in [9.17, 15) is 8.78 Å². The lowest BCUT2D eigenvalue weighted by Gasteiger charge is -2.26. The molecule has 6 rings (SSSR count). The number of anilines is 3. The molecular formula is C31H21F2N. The third-order valence-corrected chi connectivity index (χ3v) is 6.44. The molecule has 0 bridgehead atoms. The molecule has 5 aromatic carbocycles. The van der Waals surface area contributed by atoms with Crippen LogP contribution in [-0.2, 0) is 6.42 Å². The van der Waals surface area contributed by atoms with Gasteiger partial charge in [-0.3, -0.25) is 0 Å². The molecule has 0 aliphatic heterocycles. The van der Waals surface area contributed by atoms with E-state index in [1.165, 1.54) is 34.4 Å². The maximum absolute atomic E-state index is 14.8. The second-order valence-electron chi connectivity index (χ2n) is 8.49. The molecule has 0 amide bonds. The average Bonchev–Trinajstić information content (AvgIpc) is 3.25. The SMILES string of the molecule is Fc1ccccc1N(c1ccc(-c2ccc3c(c2)-c2ccccc2C3)cc1)c1ccccc1F. The van der Waals surface area contributed by atoms with Gasteiger partial charge in [-0.1, -0.05) is 72.8 Å². The van der Waals surface area contributed by atoms with Gasteiger partial charge in [0.2, 0.25) is 0 Å². The molecule has 0 heterocycles. The monoisotopic (exact) mass is 445 g/mol. The predicted octanol–water partition coefficient (Wildman–Crippen LogP) is 8.67. The Labute approximate surface area is 197 Å². The Morgan fingerprint density at radius 2 is 1.06 bits per heavy atom. The highest BCUT2D eigenvalue weighted by atomic mass is 19.1. The van der Waals surface area contributed by atoms with E-state index in [2.05, 4.69) is 42.5 Å². The quantitative estimate of drug-likeness (QED) is 0.262. The molecule has 164 valence electrons. The van der Waals surface area contributed by atoms with Crippen LogP contribution in [-0.4, -0.2) is 0 Å². The number of hydrogen-bond donors (Lipinski definition) is 0. The van der Waals surface area contributed by atoms with Crippen LogP contribution in [0.4, 0.5) is 25.8 Å². The highest BCUT2D eigenvalue weighted by Crippen LogP contribution is 2.40. The number of halogens is 2. The third-order valence-electron chi connectivity index (χ3n) is 6.44. The summed E-state index contributed by atoms with van der Waals surface area (Å²) >= 11 is 0. The van der Waals surface area contributed by atoms with E-state index in [-0.39, 0.29) is 0 Å². The fraction of sp³-hybridized carbons (Fsp3) is 0.0323. The van der Waals surface area contributed by atoms with Gasteiger partial charge in [0.1, 0.15) is 11.6 Å². The first-order chi connectivity index (χ1) is 16.7. The molecule has 3 heteroatoms. The molecular weight excluding hydrogens is 424 g/mol. The van der Waals surface area contributed by atoms with Crippen molar-refractivity contribution in [2.45, 2.75) is 6.42 Å². The van der Waals surface area contributed by atoms with Crippen LogP contribution in [0.5, 0.6) is 0 Å². The Morgan fingerprint density at radius 3 is 1.74 bits per heavy atom. The molecule has 1 aliphatic carbocycles. The molecule has 0 unspecified atom stereocenters. The number of benzene rings is 5. The standard InChI is InChI=1S/C31H21F2N/c32-28-9-3-5-11-30(28)34(31-12-6-4-10-29(31)33)25-17-15-21(16-18-25)22-13-14-24-19-23-7-1-2-8-26(23)27(24)20-22/h1-18,20H,19H2. The molecule has 0 atom stereocenters. The van der Waals surface area contributed by atoms with Gasteiger partial charge in [0, 0.05) is 5.69 Å². The van der Waals surface area contributed by atoms with E-state index in [0.29, 0.717) is 17.1 Å². The van der Waals surface area contributed by atoms with E-state index >= 15 is 0 Å². The highest BCUT2D eigenvalue weighted by Gasteiger charge is 2.20. The molecule has 0 fully saturated rings. The Kier molecular flexibility index (Phi) is 4.96. The van der Waals surface area contributed by atoms with Crippen molar-refractivity contribution in [3.63, 3.8) is 0 Å². The molecule has 0 N–H and O–H groups in total. The molecule has 1 nitrogen and oxygen atoms in total. The first kappa shape index (κ1) is 20.4. The van der Waals surface area contributed by atoms with Crippen LogP contribution in [0.1, 0.15) is 11.1 Å². The second kappa shape index (κ2) is 8.27. The first-order valence-corrected chi connectivity index (χ1v) is 11.3. The van der Waals surface area contributed by atoms with Crippen LogP contribution in [0.3, 0.4) is 0 Å². The molecule has 0 saturated heterocycles. The zero-order valence-corrected chi connectivity index (χ0v) is 18.4. The zero-order chi connectivity index (χ0) is 23.1. The van der Waals surface area contributed by atoms with E-state index in [1.807, 2.05) is 24.3 Å². The van der Waals surface area contributed by atoms with Gasteiger partial charge in [0.15, 0.2) is 0 Å². The molecule has 34 heavy (non-hydrogen) atoms. The summed E-state index contributed by atoms with van der Waals surface area (Å²) in [6.45, 7) is 0. The highest BCUT2D eigenvalue weighted by molar-refractivity contribution is 5.83. The van der Waals surface area contributed by atoms with Crippen LogP contribution in [0, 0.1) is 11.6 Å². The number of rotatable bonds is 4. The summed E-state index contributed by atoms with van der Waals surface area (Å²) < 4.78 is 29.5. The molecule has 0 spiro atoms. The maximum Gasteiger partial charge on any atom is 0.147 e. The van der Waals surface area contributed by atoms with E-state index in [0.717, 1.165) is 17.5 Å². The van der Waals surface area contributed by atoms with Gasteiger partial charge in [0.05, 0.1) is 11.4 Å². The topological polar surface area (TPSA) is 3.24 Å². The van der Waals surface area contributed by atoms with Crippen LogP contribution in [0.2, 0.25) is 0 Å². The van der Waals surface area contributed by atoms with Crippen LogP contribution in [0.25, 0.3) is 22.3 Å². The van der Waals surface area contributed by atoms with Crippen molar-refractivity contribution in [1.82, 2.24) is 0 Å². The number of para-hydroxylation sites is 2. The van der Waals surface area contributed by atoms with E-state index in [4.69, 9.17) is 0 Å². The second-order valence-corrected chi connectivity index (χ2v) is 8.49. The van der Waals surface area contributed by atoms with Crippen LogP contribution >= 0.6 is 0 Å². The van der Waals surface area contributed by atoms with Crippen molar-refractivity contribution < 1.29 is 8.78 Å². The minimum Gasteiger partial charge on any atom is -0.305 e. The Balaban J connectivity index is 1.41. The lowest BCUT2D eigenvalue weighted by Crippen LogP contribution is -2.13. The minimum atomic E-state index is -0.410. The third kappa shape index (κ3) is 3.46. The van der Waals surface area contributed by atoms with Gasteiger partial charge < -0.3 is 4.90 Å². The van der Waals surface area contributed by atoms with Crippen molar-refractivity contribution in [2.75, 3.05) is 4.90 Å². The fourth-order valence-electron chi connectivity index (χ4n) is 4.78. The van der Waals surface area contributed by atoms with Crippen molar-refractivity contribution in [1.29, 1.82) is 0 Å². The predicted molar refractivity (Wildman–Crippen MR) is 135 cm³/mol. The zero-order valence-electron chi connectivity index (χ0n) is 18.4. The molecule has 1 aliphatic rings. The summed E-state index contributed by atoms with van der Waals surface area (Å²) in [7, 11) is 0. The van der Waals surface area contributed by atoms with Gasteiger partial charge in [-0.25, -0.2) is 8.78 Å². The number of fused-ring (bicyclic) bond motifs is 3. The lowest BCUT2D eigenvalue weighted by molar-refractivity contribution is 0.619. The summed E-state index contributed by atoms with van der Waals surface area (Å²) in [5.74, 6) is -0.820. The summed E-state index contributed by atoms with van der Waals surface area (Å²) in [4.78, 5) is 1.62. The Bertz CT molecular complexity index is 1460. The number of nitrogens with zero attached hydrogens (tertiary/aromatic N) is 1. The van der Waals surface area contributed by atoms with Crippen molar-refractivity contribution in [2.24, 2.45) is 0 Å². The fourth-order valence-corrected chi connectivity index (χ4v) is 4.78. The van der Waals surface area contributed by atoms with Crippen molar-refractivity contribution in [3.05, 3.63) is 138 Å².